The summed E-state index contributed by atoms with van der Waals surface area (Å²) in [6, 6.07) is 0.426. The Bertz CT molecular complexity index is 334. The molecule has 0 aromatic rings. The normalized spacial score (nSPS) is 29.4. The fourth-order valence-electron chi connectivity index (χ4n) is 3.84. The molecule has 0 aromatic heterocycles. The average molecular weight is 295 g/mol. The van der Waals surface area contributed by atoms with Gasteiger partial charge in [0.15, 0.2) is 0 Å². The first-order valence-electron chi connectivity index (χ1n) is 8.90. The van der Waals surface area contributed by atoms with E-state index in [1.165, 1.54) is 32.2 Å². The number of hydrogen-bond acceptors (Lipinski definition) is 3. The van der Waals surface area contributed by atoms with Gasteiger partial charge in [-0.1, -0.05) is 19.8 Å². The van der Waals surface area contributed by atoms with Crippen molar-refractivity contribution in [3.8, 4) is 0 Å². The lowest BCUT2D eigenvalue weighted by molar-refractivity contribution is -0.134. The molecule has 1 amide bonds. The molecule has 21 heavy (non-hydrogen) atoms. The lowest BCUT2D eigenvalue weighted by Gasteiger charge is -2.40. The lowest BCUT2D eigenvalue weighted by Crippen LogP contribution is -2.50. The molecule has 2 N–H and O–H groups in total. The number of amides is 1. The molecule has 2 fully saturated rings. The minimum Gasteiger partial charge on any atom is -0.341 e. The van der Waals surface area contributed by atoms with Crippen molar-refractivity contribution in [2.75, 3.05) is 26.2 Å². The highest BCUT2D eigenvalue weighted by Gasteiger charge is 2.29. The average Bonchev–Trinajstić information content (AvgIpc) is 2.49. The molecule has 0 aromatic carbocycles. The number of piperidine rings is 2. The predicted molar refractivity (Wildman–Crippen MR) is 87.1 cm³/mol. The molecule has 122 valence electrons. The second kappa shape index (κ2) is 8.14. The van der Waals surface area contributed by atoms with E-state index in [-0.39, 0.29) is 11.9 Å². The number of rotatable bonds is 5. The summed E-state index contributed by atoms with van der Waals surface area (Å²) >= 11 is 0. The van der Waals surface area contributed by atoms with Crippen molar-refractivity contribution >= 4 is 5.91 Å². The highest BCUT2D eigenvalue weighted by atomic mass is 16.2. The summed E-state index contributed by atoms with van der Waals surface area (Å²) < 4.78 is 0. The molecule has 0 radical (unpaired) electrons. The third kappa shape index (κ3) is 4.68. The topological polar surface area (TPSA) is 49.6 Å². The summed E-state index contributed by atoms with van der Waals surface area (Å²) in [5, 5.41) is 0. The monoisotopic (exact) mass is 295 g/mol. The molecule has 0 bridgehead atoms. The molecular weight excluding hydrogens is 262 g/mol. The predicted octanol–water partition coefficient (Wildman–Crippen LogP) is 2.23. The van der Waals surface area contributed by atoms with Gasteiger partial charge in [0.2, 0.25) is 5.91 Å². The van der Waals surface area contributed by atoms with E-state index in [9.17, 15) is 4.79 Å². The molecule has 2 rings (SSSR count). The summed E-state index contributed by atoms with van der Waals surface area (Å²) in [4.78, 5) is 17.0. The van der Waals surface area contributed by atoms with Gasteiger partial charge >= 0.3 is 0 Å². The van der Waals surface area contributed by atoms with Crippen LogP contribution in [-0.4, -0.2) is 54.0 Å². The summed E-state index contributed by atoms with van der Waals surface area (Å²) in [6.45, 7) is 8.66. The first kappa shape index (κ1) is 16.8. The highest BCUT2D eigenvalue weighted by Crippen LogP contribution is 2.23. The van der Waals surface area contributed by atoms with Gasteiger partial charge in [-0.3, -0.25) is 4.79 Å². The van der Waals surface area contributed by atoms with Crippen molar-refractivity contribution in [3.63, 3.8) is 0 Å². The molecule has 2 aliphatic rings. The second-order valence-electron chi connectivity index (χ2n) is 7.03. The lowest BCUT2D eigenvalue weighted by atomic mass is 9.94. The van der Waals surface area contributed by atoms with Crippen LogP contribution in [0.1, 0.15) is 58.8 Å². The molecule has 3 atom stereocenters. The molecule has 2 heterocycles. The van der Waals surface area contributed by atoms with E-state index in [4.69, 9.17) is 5.73 Å². The molecule has 4 nitrogen and oxygen atoms in total. The molecule has 2 aliphatic heterocycles. The Balaban J connectivity index is 1.84. The van der Waals surface area contributed by atoms with Crippen molar-refractivity contribution < 1.29 is 4.79 Å². The molecule has 3 unspecified atom stereocenters. The molecule has 0 saturated carbocycles. The SMILES string of the molecule is CCCC(N)C(=O)N1CCCC(CN2CCCCC2C)C1. The van der Waals surface area contributed by atoms with E-state index in [1.54, 1.807) is 0 Å². The van der Waals surface area contributed by atoms with Crippen molar-refractivity contribution in [2.45, 2.75) is 70.9 Å². The summed E-state index contributed by atoms with van der Waals surface area (Å²) in [6.07, 6.45) is 8.22. The van der Waals surface area contributed by atoms with Gasteiger partial charge in [0.1, 0.15) is 0 Å². The summed E-state index contributed by atoms with van der Waals surface area (Å²) in [7, 11) is 0. The van der Waals surface area contributed by atoms with Gasteiger partial charge in [-0.25, -0.2) is 0 Å². The zero-order valence-electron chi connectivity index (χ0n) is 13.9. The van der Waals surface area contributed by atoms with Crippen LogP contribution in [0.5, 0.6) is 0 Å². The zero-order chi connectivity index (χ0) is 15.2. The Labute approximate surface area is 130 Å². The third-order valence-electron chi connectivity index (χ3n) is 5.18. The van der Waals surface area contributed by atoms with Gasteiger partial charge in [0, 0.05) is 25.7 Å². The minimum atomic E-state index is -0.289. The smallest absolute Gasteiger partial charge is 0.239 e. The van der Waals surface area contributed by atoms with E-state index in [0.29, 0.717) is 12.0 Å². The van der Waals surface area contributed by atoms with Crippen LogP contribution in [0.15, 0.2) is 0 Å². The van der Waals surface area contributed by atoms with Crippen LogP contribution in [0.3, 0.4) is 0 Å². The van der Waals surface area contributed by atoms with Crippen LogP contribution in [0, 0.1) is 5.92 Å². The number of nitrogens with two attached hydrogens (primary N) is 1. The molecule has 2 saturated heterocycles. The summed E-state index contributed by atoms with van der Waals surface area (Å²) in [5.41, 5.74) is 6.01. The van der Waals surface area contributed by atoms with Crippen LogP contribution in [0.25, 0.3) is 0 Å². The van der Waals surface area contributed by atoms with E-state index in [2.05, 4.69) is 18.7 Å². The van der Waals surface area contributed by atoms with E-state index in [0.717, 1.165) is 38.9 Å². The molecule has 0 aliphatic carbocycles. The number of nitrogens with zero attached hydrogens (tertiary/aromatic N) is 2. The van der Waals surface area contributed by atoms with Crippen LogP contribution in [0.4, 0.5) is 0 Å². The zero-order valence-corrected chi connectivity index (χ0v) is 13.9. The highest BCUT2D eigenvalue weighted by molar-refractivity contribution is 5.81. The standard InChI is InChI=1S/C17H33N3O/c1-3-7-16(18)17(21)20-11-6-9-15(13-20)12-19-10-5-4-8-14(19)2/h14-16H,3-13,18H2,1-2H3. The van der Waals surface area contributed by atoms with Crippen LogP contribution in [0.2, 0.25) is 0 Å². The molecule has 4 heteroatoms. The van der Waals surface area contributed by atoms with Crippen LogP contribution < -0.4 is 5.73 Å². The van der Waals surface area contributed by atoms with Crippen molar-refractivity contribution in [3.05, 3.63) is 0 Å². The fraction of sp³-hybridized carbons (Fsp3) is 0.941. The van der Waals surface area contributed by atoms with Crippen molar-refractivity contribution in [1.29, 1.82) is 0 Å². The number of carbonyl (C=O) groups excluding carboxylic acids is 1. The van der Waals surface area contributed by atoms with E-state index in [1.807, 2.05) is 4.90 Å². The Morgan fingerprint density at radius 1 is 1.24 bits per heavy atom. The maximum Gasteiger partial charge on any atom is 0.239 e. The van der Waals surface area contributed by atoms with Gasteiger partial charge in [-0.05, 0) is 51.5 Å². The minimum absolute atomic E-state index is 0.174. The van der Waals surface area contributed by atoms with E-state index >= 15 is 0 Å². The third-order valence-corrected chi connectivity index (χ3v) is 5.18. The largest absolute Gasteiger partial charge is 0.341 e. The maximum atomic E-state index is 12.4. The van der Waals surface area contributed by atoms with Gasteiger partial charge in [-0.15, -0.1) is 0 Å². The Hall–Kier alpha value is -0.610. The fourth-order valence-corrected chi connectivity index (χ4v) is 3.84. The first-order valence-corrected chi connectivity index (χ1v) is 8.90. The Morgan fingerprint density at radius 2 is 2.05 bits per heavy atom. The Kier molecular flexibility index (Phi) is 6.49. The summed E-state index contributed by atoms with van der Waals surface area (Å²) in [5.74, 6) is 0.810. The van der Waals surface area contributed by atoms with Gasteiger partial charge in [-0.2, -0.15) is 0 Å². The van der Waals surface area contributed by atoms with Crippen molar-refractivity contribution in [2.24, 2.45) is 11.7 Å². The number of likely N-dealkylation sites (tertiary alicyclic amines) is 2. The van der Waals surface area contributed by atoms with Crippen LogP contribution >= 0.6 is 0 Å². The van der Waals surface area contributed by atoms with Gasteiger partial charge in [0.25, 0.3) is 0 Å². The van der Waals surface area contributed by atoms with Gasteiger partial charge < -0.3 is 15.5 Å². The van der Waals surface area contributed by atoms with Crippen LogP contribution in [-0.2, 0) is 4.79 Å². The van der Waals surface area contributed by atoms with E-state index < -0.39 is 0 Å². The first-order chi connectivity index (χ1) is 10.1. The quantitative estimate of drug-likeness (QED) is 0.846. The number of carbonyl (C=O) groups is 1. The molecule has 0 spiro atoms. The maximum absolute atomic E-state index is 12.4. The van der Waals surface area contributed by atoms with Gasteiger partial charge in [0.05, 0.1) is 6.04 Å². The second-order valence-corrected chi connectivity index (χ2v) is 7.03. The number of hydrogen-bond donors (Lipinski definition) is 1. The van der Waals surface area contributed by atoms with Crippen molar-refractivity contribution in [1.82, 2.24) is 9.80 Å². The Morgan fingerprint density at radius 3 is 2.76 bits per heavy atom. The molecular formula is C17H33N3O.